The van der Waals surface area contributed by atoms with Crippen LogP contribution in [0.25, 0.3) is 98.8 Å². The molecule has 3 aromatic heterocycles. The third-order valence-corrected chi connectivity index (χ3v) is 9.60. The molecule has 0 aliphatic carbocycles. The smallest absolute Gasteiger partial charge is 0.0972 e. The zero-order valence-corrected chi connectivity index (χ0v) is 25.9. The number of benzene rings is 7. The minimum absolute atomic E-state index is 0.903. The standard InChI is InChI=1S/C45H27N3/c1-2-11-28(12-3-1)38-25-23-29-21-22-30-24-26-39(47-45(30)44(29)46-38)31-13-10-14-32(27-31)43-42-36-18-7-5-16-34(36)33-15-4-6-17-35(33)41(42)37-19-8-9-20-40(37)48-43/h1-27H. The maximum atomic E-state index is 5.36. The minimum atomic E-state index is 0.903. The molecule has 0 aliphatic rings. The molecule has 48 heavy (non-hydrogen) atoms. The lowest BCUT2D eigenvalue weighted by Gasteiger charge is -2.16. The Morgan fingerprint density at radius 1 is 0.312 bits per heavy atom. The molecule has 0 unspecified atom stereocenters. The fraction of sp³-hybridized carbons (Fsp3) is 0. The number of aromatic nitrogens is 3. The van der Waals surface area contributed by atoms with Crippen LogP contribution in [0.2, 0.25) is 0 Å². The van der Waals surface area contributed by atoms with Gasteiger partial charge in [0.1, 0.15) is 0 Å². The first-order valence-corrected chi connectivity index (χ1v) is 16.3. The molecule has 10 aromatic rings. The average molecular weight is 610 g/mol. The number of fused-ring (bicyclic) bond motifs is 11. The van der Waals surface area contributed by atoms with Crippen LogP contribution in [0.1, 0.15) is 0 Å². The van der Waals surface area contributed by atoms with Gasteiger partial charge in [0.15, 0.2) is 0 Å². The zero-order valence-electron chi connectivity index (χ0n) is 25.9. The van der Waals surface area contributed by atoms with Crippen LogP contribution < -0.4 is 0 Å². The predicted molar refractivity (Wildman–Crippen MR) is 201 cm³/mol. The van der Waals surface area contributed by atoms with Crippen LogP contribution in [0.4, 0.5) is 0 Å². The summed E-state index contributed by atoms with van der Waals surface area (Å²) in [6.07, 6.45) is 0. The van der Waals surface area contributed by atoms with Gasteiger partial charge in [-0.15, -0.1) is 0 Å². The van der Waals surface area contributed by atoms with E-state index in [-0.39, 0.29) is 0 Å². The molecule has 3 nitrogen and oxygen atoms in total. The van der Waals surface area contributed by atoms with E-state index in [1.54, 1.807) is 0 Å². The Morgan fingerprint density at radius 3 is 1.50 bits per heavy atom. The van der Waals surface area contributed by atoms with E-state index < -0.39 is 0 Å². The Bertz CT molecular complexity index is 2890. The number of hydrogen-bond donors (Lipinski definition) is 0. The van der Waals surface area contributed by atoms with Gasteiger partial charge in [-0.05, 0) is 45.8 Å². The first-order valence-electron chi connectivity index (χ1n) is 16.3. The first-order chi connectivity index (χ1) is 23.8. The van der Waals surface area contributed by atoms with Crippen LogP contribution >= 0.6 is 0 Å². The van der Waals surface area contributed by atoms with Crippen molar-refractivity contribution >= 4 is 65.0 Å². The van der Waals surface area contributed by atoms with E-state index in [1.807, 2.05) is 18.2 Å². The SMILES string of the molecule is c1ccc(-c2ccc3ccc4ccc(-c5cccc(-c6nc7ccccc7c7c8ccccc8c8ccccc8c67)c5)nc4c3n2)cc1. The molecule has 0 fully saturated rings. The Morgan fingerprint density at radius 2 is 0.812 bits per heavy atom. The highest BCUT2D eigenvalue weighted by Gasteiger charge is 2.18. The molecule has 7 aromatic carbocycles. The van der Waals surface area contributed by atoms with Crippen molar-refractivity contribution in [3.8, 4) is 33.8 Å². The Balaban J connectivity index is 1.22. The summed E-state index contributed by atoms with van der Waals surface area (Å²) in [5.74, 6) is 0. The first kappa shape index (κ1) is 26.7. The Kier molecular flexibility index (Phi) is 5.87. The van der Waals surface area contributed by atoms with E-state index >= 15 is 0 Å². The van der Waals surface area contributed by atoms with Crippen molar-refractivity contribution in [2.24, 2.45) is 0 Å². The average Bonchev–Trinajstić information content (AvgIpc) is 3.17. The molecule has 0 atom stereocenters. The summed E-state index contributed by atoms with van der Waals surface area (Å²) in [6.45, 7) is 0. The van der Waals surface area contributed by atoms with Crippen molar-refractivity contribution in [3.05, 3.63) is 164 Å². The number of rotatable bonds is 3. The number of hydrogen-bond acceptors (Lipinski definition) is 3. The topological polar surface area (TPSA) is 38.7 Å². The van der Waals surface area contributed by atoms with Crippen LogP contribution in [0.5, 0.6) is 0 Å². The molecule has 10 rings (SSSR count). The highest BCUT2D eigenvalue weighted by atomic mass is 14.8. The summed E-state index contributed by atoms with van der Waals surface area (Å²) in [5, 5.41) is 10.7. The zero-order chi connectivity index (χ0) is 31.6. The summed E-state index contributed by atoms with van der Waals surface area (Å²) in [7, 11) is 0. The van der Waals surface area contributed by atoms with Gasteiger partial charge in [0, 0.05) is 43.6 Å². The van der Waals surface area contributed by atoms with Crippen molar-refractivity contribution in [2.45, 2.75) is 0 Å². The monoisotopic (exact) mass is 609 g/mol. The second kappa shape index (κ2) is 10.5. The maximum absolute atomic E-state index is 5.36. The van der Waals surface area contributed by atoms with Gasteiger partial charge in [0.2, 0.25) is 0 Å². The molecular weight excluding hydrogens is 583 g/mol. The van der Waals surface area contributed by atoms with Crippen LogP contribution in [-0.2, 0) is 0 Å². The fourth-order valence-corrected chi connectivity index (χ4v) is 7.36. The molecule has 0 N–H and O–H groups in total. The van der Waals surface area contributed by atoms with Gasteiger partial charge in [0.05, 0.1) is 33.6 Å². The number of pyridine rings is 3. The largest absolute Gasteiger partial charge is 0.247 e. The Hall–Kier alpha value is -6.45. The van der Waals surface area contributed by atoms with Crippen molar-refractivity contribution < 1.29 is 0 Å². The molecule has 0 bridgehead atoms. The van der Waals surface area contributed by atoms with E-state index in [2.05, 4.69) is 146 Å². The molecule has 0 spiro atoms. The van der Waals surface area contributed by atoms with E-state index in [4.69, 9.17) is 15.0 Å². The van der Waals surface area contributed by atoms with Gasteiger partial charge < -0.3 is 0 Å². The van der Waals surface area contributed by atoms with E-state index in [9.17, 15) is 0 Å². The molecule has 3 heteroatoms. The van der Waals surface area contributed by atoms with Crippen molar-refractivity contribution in [1.82, 2.24) is 15.0 Å². The van der Waals surface area contributed by atoms with E-state index in [0.717, 1.165) is 61.1 Å². The van der Waals surface area contributed by atoms with Gasteiger partial charge in [-0.25, -0.2) is 15.0 Å². The van der Waals surface area contributed by atoms with Gasteiger partial charge in [-0.3, -0.25) is 0 Å². The molecule has 0 radical (unpaired) electrons. The summed E-state index contributed by atoms with van der Waals surface area (Å²) >= 11 is 0. The summed E-state index contributed by atoms with van der Waals surface area (Å²) < 4.78 is 0. The van der Waals surface area contributed by atoms with Crippen molar-refractivity contribution in [2.75, 3.05) is 0 Å². The van der Waals surface area contributed by atoms with Crippen LogP contribution in [0.3, 0.4) is 0 Å². The quantitative estimate of drug-likeness (QED) is 0.187. The highest BCUT2D eigenvalue weighted by molar-refractivity contribution is 6.33. The normalized spacial score (nSPS) is 11.8. The molecule has 222 valence electrons. The third-order valence-electron chi connectivity index (χ3n) is 9.60. The van der Waals surface area contributed by atoms with Gasteiger partial charge in [0.25, 0.3) is 0 Å². The molecule has 3 heterocycles. The molecule has 0 saturated heterocycles. The lowest BCUT2D eigenvalue weighted by Crippen LogP contribution is -1.94. The third kappa shape index (κ3) is 4.11. The minimum Gasteiger partial charge on any atom is -0.247 e. The highest BCUT2D eigenvalue weighted by Crippen LogP contribution is 2.43. The van der Waals surface area contributed by atoms with Crippen LogP contribution in [-0.4, -0.2) is 15.0 Å². The number of nitrogens with zero attached hydrogens (tertiary/aromatic N) is 3. The summed E-state index contributed by atoms with van der Waals surface area (Å²) in [6, 6.07) is 57.8. The second-order valence-corrected chi connectivity index (χ2v) is 12.4. The molecule has 0 saturated carbocycles. The molecule has 0 amide bonds. The lowest BCUT2D eigenvalue weighted by atomic mass is 9.89. The summed E-state index contributed by atoms with van der Waals surface area (Å²) in [4.78, 5) is 15.7. The van der Waals surface area contributed by atoms with E-state index in [0.29, 0.717) is 0 Å². The van der Waals surface area contributed by atoms with E-state index in [1.165, 1.54) is 37.7 Å². The van der Waals surface area contributed by atoms with Crippen molar-refractivity contribution in [3.63, 3.8) is 0 Å². The van der Waals surface area contributed by atoms with Gasteiger partial charge in [-0.1, -0.05) is 140 Å². The van der Waals surface area contributed by atoms with Crippen LogP contribution in [0, 0.1) is 0 Å². The predicted octanol–water partition coefficient (Wildman–Crippen LogP) is 11.8. The fourth-order valence-electron chi connectivity index (χ4n) is 7.36. The Labute approximate surface area is 276 Å². The molecular formula is C45H27N3. The number of para-hydroxylation sites is 1. The molecule has 0 aliphatic heterocycles. The van der Waals surface area contributed by atoms with Crippen molar-refractivity contribution in [1.29, 1.82) is 0 Å². The van der Waals surface area contributed by atoms with Gasteiger partial charge in [-0.2, -0.15) is 0 Å². The van der Waals surface area contributed by atoms with Crippen LogP contribution in [0.15, 0.2) is 164 Å². The maximum Gasteiger partial charge on any atom is 0.0972 e. The lowest BCUT2D eigenvalue weighted by molar-refractivity contribution is 1.36. The second-order valence-electron chi connectivity index (χ2n) is 12.4. The summed E-state index contributed by atoms with van der Waals surface area (Å²) in [5.41, 5.74) is 8.83. The van der Waals surface area contributed by atoms with Gasteiger partial charge >= 0.3 is 0 Å².